The number of imidazole rings is 1. The fourth-order valence-corrected chi connectivity index (χ4v) is 2.80. The van der Waals surface area contributed by atoms with E-state index in [0.717, 1.165) is 26.1 Å². The first-order valence-corrected chi connectivity index (χ1v) is 6.59. The standard InChI is InChI=1S/C12H7Br2N3/c13-10-7-17-6-9(8-4-2-1-3-5-8)15-12(17)11(14)16-10/h1-7H. The highest BCUT2D eigenvalue weighted by Gasteiger charge is 2.08. The molecule has 1 aromatic carbocycles. The summed E-state index contributed by atoms with van der Waals surface area (Å²) >= 11 is 6.77. The van der Waals surface area contributed by atoms with Gasteiger partial charge in [-0.3, -0.25) is 0 Å². The van der Waals surface area contributed by atoms with E-state index in [1.54, 1.807) is 0 Å². The Morgan fingerprint density at radius 1 is 0.941 bits per heavy atom. The van der Waals surface area contributed by atoms with Crippen LogP contribution in [-0.4, -0.2) is 14.4 Å². The molecule has 0 bridgehead atoms. The Kier molecular flexibility index (Phi) is 2.72. The molecule has 0 unspecified atom stereocenters. The highest BCUT2D eigenvalue weighted by atomic mass is 79.9. The lowest BCUT2D eigenvalue weighted by molar-refractivity contribution is 1.08. The van der Waals surface area contributed by atoms with E-state index < -0.39 is 0 Å². The Hall–Kier alpha value is -1.20. The van der Waals surface area contributed by atoms with Gasteiger partial charge in [0.05, 0.1) is 5.69 Å². The number of hydrogen-bond donors (Lipinski definition) is 0. The van der Waals surface area contributed by atoms with Crippen molar-refractivity contribution in [2.24, 2.45) is 0 Å². The van der Waals surface area contributed by atoms with Gasteiger partial charge in [0, 0.05) is 18.0 Å². The van der Waals surface area contributed by atoms with Crippen molar-refractivity contribution in [2.45, 2.75) is 0 Å². The summed E-state index contributed by atoms with van der Waals surface area (Å²) in [5, 5.41) is 0. The van der Waals surface area contributed by atoms with Gasteiger partial charge in [-0.15, -0.1) is 0 Å². The zero-order chi connectivity index (χ0) is 11.8. The Bertz CT molecular complexity index is 677. The molecule has 2 aromatic heterocycles. The van der Waals surface area contributed by atoms with E-state index in [9.17, 15) is 0 Å². The summed E-state index contributed by atoms with van der Waals surface area (Å²) in [6.07, 6.45) is 3.88. The molecule has 3 rings (SSSR count). The van der Waals surface area contributed by atoms with Crippen LogP contribution >= 0.6 is 31.9 Å². The van der Waals surface area contributed by atoms with E-state index in [4.69, 9.17) is 0 Å². The molecular formula is C12H7Br2N3. The molecule has 5 heteroatoms. The van der Waals surface area contributed by atoms with Crippen LogP contribution in [0.2, 0.25) is 0 Å². The lowest BCUT2D eigenvalue weighted by Crippen LogP contribution is -1.88. The van der Waals surface area contributed by atoms with Gasteiger partial charge in [0.15, 0.2) is 10.3 Å². The Labute approximate surface area is 115 Å². The molecule has 0 amide bonds. The minimum absolute atomic E-state index is 0.731. The van der Waals surface area contributed by atoms with Crippen LogP contribution in [0.4, 0.5) is 0 Å². The zero-order valence-electron chi connectivity index (χ0n) is 8.64. The summed E-state index contributed by atoms with van der Waals surface area (Å²) in [5.41, 5.74) is 2.84. The maximum atomic E-state index is 4.56. The number of rotatable bonds is 1. The molecule has 0 fully saturated rings. The second kappa shape index (κ2) is 4.23. The van der Waals surface area contributed by atoms with Gasteiger partial charge in [-0.25, -0.2) is 9.97 Å². The summed E-state index contributed by atoms with van der Waals surface area (Å²) in [7, 11) is 0. The van der Waals surface area contributed by atoms with Crippen LogP contribution in [0.1, 0.15) is 0 Å². The smallest absolute Gasteiger partial charge is 0.170 e. The van der Waals surface area contributed by atoms with E-state index in [-0.39, 0.29) is 0 Å². The highest BCUT2D eigenvalue weighted by Crippen LogP contribution is 2.23. The van der Waals surface area contributed by atoms with E-state index in [2.05, 4.69) is 41.8 Å². The SMILES string of the molecule is Brc1cn2cc(-c3ccccc3)nc2c(Br)n1. The fourth-order valence-electron chi connectivity index (χ4n) is 1.68. The lowest BCUT2D eigenvalue weighted by Gasteiger charge is -1.95. The fraction of sp³-hybridized carbons (Fsp3) is 0. The first-order chi connectivity index (χ1) is 8.24. The van der Waals surface area contributed by atoms with Crippen molar-refractivity contribution in [3.63, 3.8) is 0 Å². The molecule has 0 aliphatic heterocycles. The molecule has 84 valence electrons. The molecule has 0 atom stereocenters. The monoisotopic (exact) mass is 351 g/mol. The highest BCUT2D eigenvalue weighted by molar-refractivity contribution is 9.11. The topological polar surface area (TPSA) is 30.2 Å². The molecule has 0 saturated carbocycles. The van der Waals surface area contributed by atoms with Crippen LogP contribution in [0, 0.1) is 0 Å². The first-order valence-electron chi connectivity index (χ1n) is 5.00. The maximum Gasteiger partial charge on any atom is 0.170 e. The number of hydrogen-bond acceptors (Lipinski definition) is 2. The number of halogens is 2. The molecule has 3 nitrogen and oxygen atoms in total. The van der Waals surface area contributed by atoms with Crippen molar-refractivity contribution in [3.8, 4) is 11.3 Å². The second-order valence-corrected chi connectivity index (χ2v) is 5.14. The van der Waals surface area contributed by atoms with E-state index in [0.29, 0.717) is 0 Å². The molecule has 0 N–H and O–H groups in total. The van der Waals surface area contributed by atoms with Gasteiger partial charge in [0.25, 0.3) is 0 Å². The summed E-state index contributed by atoms with van der Waals surface area (Å²) in [4.78, 5) is 8.82. The molecule has 0 aliphatic carbocycles. The molecular weight excluding hydrogens is 346 g/mol. The van der Waals surface area contributed by atoms with Gasteiger partial charge in [0.2, 0.25) is 0 Å². The quantitative estimate of drug-likeness (QED) is 0.664. The van der Waals surface area contributed by atoms with Gasteiger partial charge < -0.3 is 4.40 Å². The third kappa shape index (κ3) is 2.00. The van der Waals surface area contributed by atoms with Crippen LogP contribution in [0.5, 0.6) is 0 Å². The summed E-state index contributed by atoms with van der Waals surface area (Å²) in [6.45, 7) is 0. The van der Waals surface area contributed by atoms with E-state index >= 15 is 0 Å². The molecule has 0 aliphatic rings. The predicted molar refractivity (Wildman–Crippen MR) is 73.8 cm³/mol. The predicted octanol–water partition coefficient (Wildman–Crippen LogP) is 3.92. The minimum atomic E-state index is 0.731. The average Bonchev–Trinajstić information content (AvgIpc) is 2.74. The molecule has 3 aromatic rings. The summed E-state index contributed by atoms with van der Waals surface area (Å²) < 4.78 is 3.45. The van der Waals surface area contributed by atoms with Gasteiger partial charge in [-0.2, -0.15) is 0 Å². The number of nitrogens with zero attached hydrogens (tertiary/aromatic N) is 3. The average molecular weight is 353 g/mol. The number of benzene rings is 1. The third-order valence-corrected chi connectivity index (χ3v) is 3.35. The zero-order valence-corrected chi connectivity index (χ0v) is 11.8. The van der Waals surface area contributed by atoms with E-state index in [1.165, 1.54) is 0 Å². The van der Waals surface area contributed by atoms with Gasteiger partial charge >= 0.3 is 0 Å². The normalized spacial score (nSPS) is 10.9. The minimum Gasteiger partial charge on any atom is -0.301 e. The van der Waals surface area contributed by atoms with Crippen LogP contribution < -0.4 is 0 Å². The molecule has 0 spiro atoms. The van der Waals surface area contributed by atoms with Gasteiger partial charge in [0.1, 0.15) is 4.60 Å². The summed E-state index contributed by atoms with van der Waals surface area (Å²) in [5.74, 6) is 0. The van der Waals surface area contributed by atoms with Crippen molar-refractivity contribution in [1.29, 1.82) is 0 Å². The Morgan fingerprint density at radius 3 is 2.47 bits per heavy atom. The van der Waals surface area contributed by atoms with Gasteiger partial charge in [-0.1, -0.05) is 30.3 Å². The third-order valence-electron chi connectivity index (χ3n) is 2.44. The Morgan fingerprint density at radius 2 is 1.71 bits per heavy atom. The van der Waals surface area contributed by atoms with Crippen molar-refractivity contribution >= 4 is 37.5 Å². The molecule has 0 radical (unpaired) electrons. The van der Waals surface area contributed by atoms with Crippen LogP contribution in [0.25, 0.3) is 16.9 Å². The van der Waals surface area contributed by atoms with Crippen LogP contribution in [-0.2, 0) is 0 Å². The van der Waals surface area contributed by atoms with Crippen molar-refractivity contribution < 1.29 is 0 Å². The molecule has 0 saturated heterocycles. The lowest BCUT2D eigenvalue weighted by atomic mass is 10.2. The number of aromatic nitrogens is 3. The van der Waals surface area contributed by atoms with Crippen molar-refractivity contribution in [2.75, 3.05) is 0 Å². The Balaban J connectivity index is 2.24. The maximum absolute atomic E-state index is 4.56. The van der Waals surface area contributed by atoms with Gasteiger partial charge in [-0.05, 0) is 31.9 Å². The molecule has 17 heavy (non-hydrogen) atoms. The van der Waals surface area contributed by atoms with Crippen molar-refractivity contribution in [1.82, 2.24) is 14.4 Å². The van der Waals surface area contributed by atoms with Crippen LogP contribution in [0.15, 0.2) is 51.9 Å². The number of fused-ring (bicyclic) bond motifs is 1. The first kappa shape index (κ1) is 10.9. The van der Waals surface area contributed by atoms with Crippen LogP contribution in [0.3, 0.4) is 0 Å². The second-order valence-electron chi connectivity index (χ2n) is 3.58. The largest absolute Gasteiger partial charge is 0.301 e. The van der Waals surface area contributed by atoms with E-state index in [1.807, 2.05) is 47.1 Å². The van der Waals surface area contributed by atoms with Crippen molar-refractivity contribution in [3.05, 3.63) is 51.9 Å². The summed E-state index contributed by atoms with van der Waals surface area (Å²) in [6, 6.07) is 10.1. The molecule has 2 heterocycles.